The van der Waals surface area contributed by atoms with Crippen molar-refractivity contribution in [3.8, 4) is 0 Å². The lowest BCUT2D eigenvalue weighted by Gasteiger charge is -2.25. The minimum Gasteiger partial charge on any atom is -0.361 e. The third kappa shape index (κ3) is 3.36. The number of nitrogens with zero attached hydrogens (tertiary/aromatic N) is 1. The number of fused-ring (bicyclic) bond motifs is 1. The predicted octanol–water partition coefficient (Wildman–Crippen LogP) is 2.84. The quantitative estimate of drug-likeness (QED) is 0.850. The molecule has 2 heterocycles. The molecule has 1 fully saturated rings. The summed E-state index contributed by atoms with van der Waals surface area (Å²) in [4.78, 5) is 20.4. The van der Waals surface area contributed by atoms with Crippen LogP contribution in [-0.4, -0.2) is 35.8 Å². The van der Waals surface area contributed by atoms with Gasteiger partial charge in [-0.2, -0.15) is 0 Å². The van der Waals surface area contributed by atoms with Crippen LogP contribution in [0.3, 0.4) is 0 Å². The molecule has 1 aromatic heterocycles. The second-order valence-electron chi connectivity index (χ2n) is 5.34. The van der Waals surface area contributed by atoms with Gasteiger partial charge in [0.15, 0.2) is 0 Å². The summed E-state index contributed by atoms with van der Waals surface area (Å²) in [6.07, 6.45) is 5.97. The largest absolute Gasteiger partial charge is 0.361 e. The van der Waals surface area contributed by atoms with Crippen LogP contribution in [0.5, 0.6) is 0 Å². The van der Waals surface area contributed by atoms with E-state index in [1.54, 1.807) is 0 Å². The molecule has 1 aliphatic rings. The van der Waals surface area contributed by atoms with Crippen LogP contribution in [0.25, 0.3) is 10.9 Å². The number of aromatic amines is 1. The zero-order valence-corrected chi connectivity index (χ0v) is 12.1. The summed E-state index contributed by atoms with van der Waals surface area (Å²) >= 11 is 0. The van der Waals surface area contributed by atoms with Gasteiger partial charge in [0.1, 0.15) is 0 Å². The van der Waals surface area contributed by atoms with Gasteiger partial charge in [-0.15, -0.1) is 0 Å². The first kappa shape index (κ1) is 13.9. The Labute approximate surface area is 124 Å². The topological polar surface area (TPSA) is 57.4 Å². The van der Waals surface area contributed by atoms with Crippen LogP contribution < -0.4 is 5.32 Å². The second-order valence-corrected chi connectivity index (χ2v) is 5.34. The first-order valence-corrected chi connectivity index (χ1v) is 7.58. The Hall–Kier alpha value is -2.01. The molecule has 112 valence electrons. The van der Waals surface area contributed by atoms with Crippen LogP contribution in [0, 0.1) is 0 Å². The lowest BCUT2D eigenvalue weighted by atomic mass is 10.1. The number of rotatable bonds is 4. The zero-order chi connectivity index (χ0) is 14.5. The van der Waals surface area contributed by atoms with Gasteiger partial charge in [0.2, 0.25) is 0 Å². The Kier molecular flexibility index (Phi) is 4.40. The number of urea groups is 1. The molecule has 0 unspecified atom stereocenters. The van der Waals surface area contributed by atoms with Crippen LogP contribution in [0.2, 0.25) is 0 Å². The lowest BCUT2D eigenvalue weighted by Crippen LogP contribution is -2.43. The van der Waals surface area contributed by atoms with Crippen LogP contribution in [0.1, 0.15) is 24.8 Å². The standard InChI is InChI=1S/C16H21N3O2/c20-16(19-10-3-4-11-21-19)17-9-5-6-13-12-18-15-8-2-1-7-14(13)15/h1-2,7-8,12,18H,3-6,9-11H2,(H,17,20). The molecule has 5 nitrogen and oxygen atoms in total. The van der Waals surface area contributed by atoms with Gasteiger partial charge in [0.25, 0.3) is 0 Å². The molecule has 21 heavy (non-hydrogen) atoms. The molecular weight excluding hydrogens is 266 g/mol. The second kappa shape index (κ2) is 6.63. The number of carbonyl (C=O) groups excluding carboxylic acids is 1. The Morgan fingerprint density at radius 1 is 1.33 bits per heavy atom. The van der Waals surface area contributed by atoms with E-state index in [-0.39, 0.29) is 6.03 Å². The zero-order valence-electron chi connectivity index (χ0n) is 12.1. The number of para-hydroxylation sites is 1. The number of nitrogens with one attached hydrogen (secondary N) is 2. The van der Waals surface area contributed by atoms with E-state index in [9.17, 15) is 4.79 Å². The maximum atomic E-state index is 11.9. The molecule has 1 saturated heterocycles. The number of amides is 2. The van der Waals surface area contributed by atoms with Crippen molar-refractivity contribution in [3.05, 3.63) is 36.0 Å². The van der Waals surface area contributed by atoms with Crippen molar-refractivity contribution in [3.63, 3.8) is 0 Å². The first-order chi connectivity index (χ1) is 10.3. The summed E-state index contributed by atoms with van der Waals surface area (Å²) < 4.78 is 0. The van der Waals surface area contributed by atoms with E-state index < -0.39 is 0 Å². The number of benzene rings is 1. The average molecular weight is 287 g/mol. The minimum absolute atomic E-state index is 0.117. The normalized spacial score (nSPS) is 15.3. The first-order valence-electron chi connectivity index (χ1n) is 7.58. The van der Waals surface area contributed by atoms with Crippen molar-refractivity contribution >= 4 is 16.9 Å². The molecule has 0 spiro atoms. The van der Waals surface area contributed by atoms with E-state index in [4.69, 9.17) is 4.84 Å². The number of hydrogen-bond donors (Lipinski definition) is 2. The molecule has 0 saturated carbocycles. The molecule has 2 N–H and O–H groups in total. The SMILES string of the molecule is O=C(NCCCc1c[nH]c2ccccc12)N1CCCCO1. The molecule has 0 bridgehead atoms. The fraction of sp³-hybridized carbons (Fsp3) is 0.438. The van der Waals surface area contributed by atoms with E-state index in [2.05, 4.69) is 34.7 Å². The Morgan fingerprint density at radius 2 is 2.24 bits per heavy atom. The third-order valence-corrected chi connectivity index (χ3v) is 3.80. The number of carbonyl (C=O) groups is 1. The molecule has 0 atom stereocenters. The highest BCUT2D eigenvalue weighted by molar-refractivity contribution is 5.83. The fourth-order valence-corrected chi connectivity index (χ4v) is 2.66. The molecule has 1 aromatic carbocycles. The summed E-state index contributed by atoms with van der Waals surface area (Å²) in [6, 6.07) is 8.17. The van der Waals surface area contributed by atoms with Gasteiger partial charge >= 0.3 is 6.03 Å². The van der Waals surface area contributed by atoms with Gasteiger partial charge in [0.05, 0.1) is 13.2 Å². The number of aromatic nitrogens is 1. The Balaban J connectivity index is 1.44. The summed E-state index contributed by atoms with van der Waals surface area (Å²) in [5.41, 5.74) is 2.47. The molecule has 2 amide bonds. The van der Waals surface area contributed by atoms with Gasteiger partial charge < -0.3 is 10.3 Å². The molecule has 1 aliphatic heterocycles. The van der Waals surface area contributed by atoms with E-state index in [1.807, 2.05) is 6.07 Å². The van der Waals surface area contributed by atoms with Crippen LogP contribution in [-0.2, 0) is 11.3 Å². The summed E-state index contributed by atoms with van der Waals surface area (Å²) in [7, 11) is 0. The van der Waals surface area contributed by atoms with E-state index in [1.165, 1.54) is 21.5 Å². The number of hydroxylamine groups is 2. The number of aryl methyl sites for hydroxylation is 1. The van der Waals surface area contributed by atoms with Gasteiger partial charge in [-0.05, 0) is 37.3 Å². The highest BCUT2D eigenvalue weighted by Crippen LogP contribution is 2.18. The van der Waals surface area contributed by atoms with Gasteiger partial charge in [-0.25, -0.2) is 9.86 Å². The van der Waals surface area contributed by atoms with E-state index in [0.29, 0.717) is 19.7 Å². The minimum atomic E-state index is -0.117. The predicted molar refractivity (Wildman–Crippen MR) is 81.9 cm³/mol. The summed E-state index contributed by atoms with van der Waals surface area (Å²) in [5, 5.41) is 5.62. The molecule has 2 aromatic rings. The van der Waals surface area contributed by atoms with Gasteiger partial charge in [0, 0.05) is 23.6 Å². The summed E-state index contributed by atoms with van der Waals surface area (Å²) in [6.45, 7) is 2.00. The van der Waals surface area contributed by atoms with Gasteiger partial charge in [-0.1, -0.05) is 18.2 Å². The van der Waals surface area contributed by atoms with Crippen molar-refractivity contribution in [2.24, 2.45) is 0 Å². The third-order valence-electron chi connectivity index (χ3n) is 3.80. The van der Waals surface area contributed by atoms with Crippen molar-refractivity contribution in [2.75, 3.05) is 19.7 Å². The Morgan fingerprint density at radius 3 is 3.10 bits per heavy atom. The van der Waals surface area contributed by atoms with Crippen LogP contribution in [0.15, 0.2) is 30.5 Å². The van der Waals surface area contributed by atoms with Crippen molar-refractivity contribution in [1.82, 2.24) is 15.4 Å². The Bertz CT molecular complexity index is 602. The smallest absolute Gasteiger partial charge is 0.341 e. The lowest BCUT2D eigenvalue weighted by molar-refractivity contribution is -0.139. The number of hydrogen-bond acceptors (Lipinski definition) is 2. The van der Waals surface area contributed by atoms with Crippen LogP contribution >= 0.6 is 0 Å². The van der Waals surface area contributed by atoms with Crippen molar-refractivity contribution in [2.45, 2.75) is 25.7 Å². The highest BCUT2D eigenvalue weighted by Gasteiger charge is 2.16. The highest BCUT2D eigenvalue weighted by atomic mass is 16.7. The molecule has 0 radical (unpaired) electrons. The maximum absolute atomic E-state index is 11.9. The van der Waals surface area contributed by atoms with Crippen molar-refractivity contribution in [1.29, 1.82) is 0 Å². The molecular formula is C16H21N3O2. The molecule has 5 heteroatoms. The monoisotopic (exact) mass is 287 g/mol. The van der Waals surface area contributed by atoms with E-state index in [0.717, 1.165) is 25.7 Å². The van der Waals surface area contributed by atoms with Crippen molar-refractivity contribution < 1.29 is 9.63 Å². The molecule has 3 rings (SSSR count). The van der Waals surface area contributed by atoms with E-state index >= 15 is 0 Å². The summed E-state index contributed by atoms with van der Waals surface area (Å²) in [5.74, 6) is 0. The molecule has 0 aliphatic carbocycles. The van der Waals surface area contributed by atoms with Crippen LogP contribution in [0.4, 0.5) is 4.79 Å². The average Bonchev–Trinajstić information content (AvgIpc) is 2.95. The van der Waals surface area contributed by atoms with Gasteiger partial charge in [-0.3, -0.25) is 4.84 Å². The number of H-pyrrole nitrogens is 1. The fourth-order valence-electron chi connectivity index (χ4n) is 2.66. The maximum Gasteiger partial charge on any atom is 0.341 e.